The number of halogens is 2. The van der Waals surface area contributed by atoms with Crippen molar-refractivity contribution in [2.45, 2.75) is 19.4 Å². The van der Waals surface area contributed by atoms with Gasteiger partial charge in [0.05, 0.1) is 6.04 Å². The molecule has 0 fully saturated rings. The summed E-state index contributed by atoms with van der Waals surface area (Å²) in [5, 5.41) is 3.33. The highest BCUT2D eigenvalue weighted by Gasteiger charge is 2.10. The third-order valence-electron chi connectivity index (χ3n) is 2.03. The van der Waals surface area contributed by atoms with Crippen LogP contribution in [0, 0.1) is 15.9 Å². The second-order valence-corrected chi connectivity index (χ2v) is 5.32. The summed E-state index contributed by atoms with van der Waals surface area (Å²) in [6.45, 7) is 3.07. The van der Waals surface area contributed by atoms with Gasteiger partial charge in [0.15, 0.2) is 0 Å². The summed E-state index contributed by atoms with van der Waals surface area (Å²) < 4.78 is 2.26. The van der Waals surface area contributed by atoms with Gasteiger partial charge in [-0.3, -0.25) is 5.32 Å². The van der Waals surface area contributed by atoms with Crippen LogP contribution in [-0.4, -0.2) is 6.54 Å². The van der Waals surface area contributed by atoms with Gasteiger partial charge in [0.25, 0.3) is 0 Å². The van der Waals surface area contributed by atoms with Crippen molar-refractivity contribution in [3.05, 3.63) is 31.8 Å². The molecular formula is C12H13BrIN. The Labute approximate surface area is 113 Å². The second-order valence-electron chi connectivity index (χ2n) is 3.22. The molecule has 0 aliphatic carbocycles. The molecule has 3 heteroatoms. The van der Waals surface area contributed by atoms with Gasteiger partial charge in [0, 0.05) is 8.04 Å². The van der Waals surface area contributed by atoms with Crippen molar-refractivity contribution < 1.29 is 0 Å². The lowest BCUT2D eigenvalue weighted by atomic mass is 10.1. The molecule has 0 saturated heterocycles. The van der Waals surface area contributed by atoms with Crippen LogP contribution >= 0.6 is 38.5 Å². The van der Waals surface area contributed by atoms with Crippen molar-refractivity contribution in [3.63, 3.8) is 0 Å². The molecular weight excluding hydrogens is 365 g/mol. The van der Waals surface area contributed by atoms with Crippen molar-refractivity contribution in [1.29, 1.82) is 0 Å². The summed E-state index contributed by atoms with van der Waals surface area (Å²) in [7, 11) is 0. The molecule has 1 unspecified atom stereocenters. The van der Waals surface area contributed by atoms with Crippen molar-refractivity contribution >= 4 is 38.5 Å². The van der Waals surface area contributed by atoms with E-state index in [9.17, 15) is 0 Å². The molecule has 1 atom stereocenters. The van der Waals surface area contributed by atoms with Crippen LogP contribution in [0.25, 0.3) is 0 Å². The first-order valence-corrected chi connectivity index (χ1v) is 6.70. The topological polar surface area (TPSA) is 12.0 Å². The Morgan fingerprint density at radius 1 is 1.60 bits per heavy atom. The minimum atomic E-state index is -0.00552. The summed E-state index contributed by atoms with van der Waals surface area (Å²) in [5.41, 5.74) is 1.14. The molecule has 1 aromatic rings. The van der Waals surface area contributed by atoms with Crippen LogP contribution in [0.2, 0.25) is 0 Å². The molecule has 0 aliphatic heterocycles. The summed E-state index contributed by atoms with van der Waals surface area (Å²) in [6, 6.07) is 6.20. The van der Waals surface area contributed by atoms with Gasteiger partial charge in [0.1, 0.15) is 0 Å². The van der Waals surface area contributed by atoms with Crippen molar-refractivity contribution in [3.8, 4) is 12.3 Å². The van der Waals surface area contributed by atoms with E-state index >= 15 is 0 Å². The minimum Gasteiger partial charge on any atom is -0.300 e. The maximum Gasteiger partial charge on any atom is 0.0954 e. The van der Waals surface area contributed by atoms with E-state index in [4.69, 9.17) is 6.42 Å². The zero-order chi connectivity index (χ0) is 11.3. The molecule has 0 radical (unpaired) electrons. The molecule has 80 valence electrons. The van der Waals surface area contributed by atoms with Crippen molar-refractivity contribution in [2.75, 3.05) is 6.54 Å². The fraction of sp³-hybridized carbons (Fsp3) is 0.333. The Bertz CT molecular complexity index is 370. The third kappa shape index (κ3) is 3.78. The smallest absolute Gasteiger partial charge is 0.0954 e. The van der Waals surface area contributed by atoms with Gasteiger partial charge in [0.2, 0.25) is 0 Å². The molecule has 0 spiro atoms. The Hall–Kier alpha value is -0.0500. The normalized spacial score (nSPS) is 12.1. The molecule has 0 amide bonds. The number of terminal acetylenes is 1. The Balaban J connectivity index is 2.91. The van der Waals surface area contributed by atoms with Crippen molar-refractivity contribution in [2.24, 2.45) is 0 Å². The average Bonchev–Trinajstić information content (AvgIpc) is 2.24. The molecule has 1 rings (SSSR count). The minimum absolute atomic E-state index is 0.00552. The second kappa shape index (κ2) is 6.51. The highest BCUT2D eigenvalue weighted by Crippen LogP contribution is 2.25. The molecule has 15 heavy (non-hydrogen) atoms. The van der Waals surface area contributed by atoms with Crippen molar-refractivity contribution in [1.82, 2.24) is 5.32 Å². The lowest BCUT2D eigenvalue weighted by Crippen LogP contribution is -2.21. The predicted octanol–water partition coefficient (Wildman–Crippen LogP) is 3.73. The number of hydrogen-bond donors (Lipinski definition) is 1. The Morgan fingerprint density at radius 3 is 2.93 bits per heavy atom. The molecule has 0 heterocycles. The third-order valence-corrected chi connectivity index (χ3v) is 3.43. The fourth-order valence-electron chi connectivity index (χ4n) is 1.28. The molecule has 1 N–H and O–H groups in total. The monoisotopic (exact) mass is 377 g/mol. The number of rotatable bonds is 4. The lowest BCUT2D eigenvalue weighted by Gasteiger charge is -2.14. The van der Waals surface area contributed by atoms with Crippen LogP contribution in [0.3, 0.4) is 0 Å². The Morgan fingerprint density at radius 2 is 2.33 bits per heavy atom. The van der Waals surface area contributed by atoms with Gasteiger partial charge in [-0.05, 0) is 59.3 Å². The quantitative estimate of drug-likeness (QED) is 0.622. The van der Waals surface area contributed by atoms with Gasteiger partial charge in [-0.25, -0.2) is 0 Å². The van der Waals surface area contributed by atoms with Crippen LogP contribution in [0.15, 0.2) is 22.7 Å². The van der Waals surface area contributed by atoms with E-state index in [0.717, 1.165) is 23.0 Å². The van der Waals surface area contributed by atoms with Crippen LogP contribution in [0.4, 0.5) is 0 Å². The van der Waals surface area contributed by atoms with Crippen LogP contribution in [0.1, 0.15) is 24.9 Å². The van der Waals surface area contributed by atoms with E-state index in [1.165, 1.54) is 3.57 Å². The standard InChI is InChI=1S/C12H13BrIN/c1-3-7-15-12(4-2)10-8-9(14)5-6-11(10)13/h2,5-6,8,12,15H,3,7H2,1H3. The van der Waals surface area contributed by atoms with E-state index < -0.39 is 0 Å². The van der Waals surface area contributed by atoms with E-state index in [1.807, 2.05) is 6.07 Å². The lowest BCUT2D eigenvalue weighted by molar-refractivity contribution is 0.624. The van der Waals surface area contributed by atoms with Gasteiger partial charge >= 0.3 is 0 Å². The first kappa shape index (κ1) is 13.0. The molecule has 0 aliphatic rings. The van der Waals surface area contributed by atoms with Gasteiger partial charge in [-0.2, -0.15) is 0 Å². The molecule has 0 bridgehead atoms. The van der Waals surface area contributed by atoms with E-state index in [2.05, 4.69) is 68.8 Å². The van der Waals surface area contributed by atoms with Crippen LogP contribution in [0.5, 0.6) is 0 Å². The zero-order valence-corrected chi connectivity index (χ0v) is 12.3. The Kier molecular flexibility index (Phi) is 5.65. The predicted molar refractivity (Wildman–Crippen MR) is 76.7 cm³/mol. The largest absolute Gasteiger partial charge is 0.300 e. The summed E-state index contributed by atoms with van der Waals surface area (Å²) in [6.07, 6.45) is 6.61. The van der Waals surface area contributed by atoms with Crippen LogP contribution in [-0.2, 0) is 0 Å². The summed E-state index contributed by atoms with van der Waals surface area (Å²) in [5.74, 6) is 2.78. The molecule has 1 aromatic carbocycles. The maximum absolute atomic E-state index is 5.53. The fourth-order valence-corrected chi connectivity index (χ4v) is 2.27. The van der Waals surface area contributed by atoms with Gasteiger partial charge < -0.3 is 0 Å². The van der Waals surface area contributed by atoms with E-state index in [0.29, 0.717) is 0 Å². The van der Waals surface area contributed by atoms with Crippen LogP contribution < -0.4 is 5.32 Å². The molecule has 1 nitrogen and oxygen atoms in total. The highest BCUT2D eigenvalue weighted by atomic mass is 127. The van der Waals surface area contributed by atoms with E-state index in [1.54, 1.807) is 0 Å². The number of nitrogens with one attached hydrogen (secondary N) is 1. The SMILES string of the molecule is C#CC(NCCC)c1cc(I)ccc1Br. The number of benzene rings is 1. The first-order valence-electron chi connectivity index (χ1n) is 4.83. The average molecular weight is 378 g/mol. The number of hydrogen-bond acceptors (Lipinski definition) is 1. The van der Waals surface area contributed by atoms with Gasteiger partial charge in [-0.15, -0.1) is 6.42 Å². The zero-order valence-electron chi connectivity index (χ0n) is 8.56. The maximum atomic E-state index is 5.53. The van der Waals surface area contributed by atoms with Gasteiger partial charge in [-0.1, -0.05) is 28.8 Å². The first-order chi connectivity index (χ1) is 7.19. The summed E-state index contributed by atoms with van der Waals surface area (Å²) >= 11 is 5.82. The molecule has 0 saturated carbocycles. The summed E-state index contributed by atoms with van der Waals surface area (Å²) in [4.78, 5) is 0. The highest BCUT2D eigenvalue weighted by molar-refractivity contribution is 14.1. The van der Waals surface area contributed by atoms with E-state index in [-0.39, 0.29) is 6.04 Å². The molecule has 0 aromatic heterocycles.